The van der Waals surface area contributed by atoms with Crippen LogP contribution in [0.15, 0.2) is 24.3 Å². The van der Waals surface area contributed by atoms with Gasteiger partial charge in [-0.15, -0.1) is 0 Å². The van der Waals surface area contributed by atoms with Gasteiger partial charge in [-0.2, -0.15) is 0 Å². The summed E-state index contributed by atoms with van der Waals surface area (Å²) in [7, 11) is 0. The molecule has 0 aromatic heterocycles. The van der Waals surface area contributed by atoms with E-state index in [1.807, 2.05) is 0 Å². The molecule has 0 aromatic carbocycles. The Balaban J connectivity index is 3.44. The average Bonchev–Trinajstić information content (AvgIpc) is 3.32. The Bertz CT molecular complexity index is 1030. The summed E-state index contributed by atoms with van der Waals surface area (Å²) >= 11 is 0. The van der Waals surface area contributed by atoms with Crippen LogP contribution < -0.4 is 5.32 Å². The molecule has 0 spiro atoms. The minimum absolute atomic E-state index is 0.00926. The third kappa shape index (κ3) is 51.7. The second kappa shape index (κ2) is 55.9. The van der Waals surface area contributed by atoms with Crippen molar-refractivity contribution in [2.75, 3.05) is 13.2 Å². The first-order valence-electron chi connectivity index (χ1n) is 29.6. The highest BCUT2D eigenvalue weighted by molar-refractivity contribution is 5.76. The molecule has 390 valence electrons. The molecule has 66 heavy (non-hydrogen) atoms. The van der Waals surface area contributed by atoms with Crippen LogP contribution in [-0.4, -0.2) is 47.4 Å². The lowest BCUT2D eigenvalue weighted by molar-refractivity contribution is -0.143. The normalized spacial score (nSPS) is 12.7. The van der Waals surface area contributed by atoms with Gasteiger partial charge in [-0.3, -0.25) is 9.59 Å². The quantitative estimate of drug-likeness (QED) is 0.0321. The third-order valence-electron chi connectivity index (χ3n) is 13.8. The van der Waals surface area contributed by atoms with Crippen LogP contribution in [0.5, 0.6) is 0 Å². The van der Waals surface area contributed by atoms with Gasteiger partial charge >= 0.3 is 5.97 Å². The number of esters is 1. The highest BCUT2D eigenvalue weighted by Gasteiger charge is 2.20. The molecule has 0 saturated carbocycles. The molecule has 2 atom stereocenters. The fourth-order valence-corrected chi connectivity index (χ4v) is 9.20. The number of hydrogen-bond acceptors (Lipinski definition) is 5. The zero-order valence-electron chi connectivity index (χ0n) is 44.4. The number of aliphatic hydroxyl groups is 2. The van der Waals surface area contributed by atoms with Gasteiger partial charge in [0.2, 0.25) is 5.91 Å². The van der Waals surface area contributed by atoms with E-state index >= 15 is 0 Å². The van der Waals surface area contributed by atoms with Crippen molar-refractivity contribution < 1.29 is 24.5 Å². The second-order valence-corrected chi connectivity index (χ2v) is 20.3. The Hall–Kier alpha value is -1.66. The van der Waals surface area contributed by atoms with Crippen LogP contribution in [0.4, 0.5) is 0 Å². The number of rotatable bonds is 55. The van der Waals surface area contributed by atoms with Crippen molar-refractivity contribution in [3.8, 4) is 0 Å². The molecule has 0 aromatic rings. The van der Waals surface area contributed by atoms with Crippen LogP contribution in [0.2, 0.25) is 0 Å². The van der Waals surface area contributed by atoms with E-state index in [2.05, 4.69) is 43.5 Å². The predicted octanol–water partition coefficient (Wildman–Crippen LogP) is 18.2. The van der Waals surface area contributed by atoms with Gasteiger partial charge in [0.15, 0.2) is 0 Å². The molecule has 0 saturated heterocycles. The number of amides is 1. The summed E-state index contributed by atoms with van der Waals surface area (Å²) in [5.74, 6) is -0.0527. The van der Waals surface area contributed by atoms with Gasteiger partial charge in [-0.05, 0) is 57.8 Å². The minimum Gasteiger partial charge on any atom is -0.466 e. The Morgan fingerprint density at radius 1 is 0.424 bits per heavy atom. The van der Waals surface area contributed by atoms with E-state index in [1.54, 1.807) is 0 Å². The van der Waals surface area contributed by atoms with Crippen molar-refractivity contribution in [1.82, 2.24) is 5.32 Å². The number of ether oxygens (including phenoxy) is 1. The van der Waals surface area contributed by atoms with E-state index in [4.69, 9.17) is 4.74 Å². The lowest BCUT2D eigenvalue weighted by Crippen LogP contribution is -2.45. The van der Waals surface area contributed by atoms with E-state index in [0.29, 0.717) is 25.9 Å². The standard InChI is InChI=1S/C60H115NO5/c1-3-5-7-9-11-13-15-17-19-21-23-24-28-32-36-40-44-48-52-58(63)57(56-62)61-59(64)53-49-45-41-37-33-29-26-27-31-35-39-43-47-51-55-66-60(65)54-50-46-42-38-34-30-25-22-20-18-16-14-12-10-8-6-4-2/h12,14,18,20,57-58,62-63H,3-11,13,15-17,19,21-56H2,1-2H3,(H,61,64)/b14-12-,20-18-. The van der Waals surface area contributed by atoms with E-state index in [1.165, 1.54) is 231 Å². The van der Waals surface area contributed by atoms with Gasteiger partial charge in [0.05, 0.1) is 25.4 Å². The van der Waals surface area contributed by atoms with Crippen LogP contribution in [0, 0.1) is 0 Å². The number of nitrogens with one attached hydrogen (secondary N) is 1. The first-order chi connectivity index (χ1) is 32.5. The minimum atomic E-state index is -0.672. The first-order valence-corrected chi connectivity index (χ1v) is 29.6. The van der Waals surface area contributed by atoms with Gasteiger partial charge < -0.3 is 20.3 Å². The average molecular weight is 931 g/mol. The van der Waals surface area contributed by atoms with Crippen molar-refractivity contribution in [2.24, 2.45) is 0 Å². The topological polar surface area (TPSA) is 95.9 Å². The van der Waals surface area contributed by atoms with E-state index in [-0.39, 0.29) is 18.5 Å². The van der Waals surface area contributed by atoms with Crippen molar-refractivity contribution >= 4 is 11.9 Å². The Morgan fingerprint density at radius 3 is 1.18 bits per heavy atom. The Morgan fingerprint density at radius 2 is 0.758 bits per heavy atom. The molecule has 0 heterocycles. The van der Waals surface area contributed by atoms with Gasteiger partial charge in [0, 0.05) is 12.8 Å². The molecule has 0 aliphatic rings. The maximum Gasteiger partial charge on any atom is 0.305 e. The SMILES string of the molecule is CCCCC/C=C\C/C=C\CCCCCCCCCC(=O)OCCCCCCCCCCCCCCCCC(=O)NC(CO)C(O)CCCCCCCCCCCCCCCCCCCC. The van der Waals surface area contributed by atoms with Crippen LogP contribution in [0.3, 0.4) is 0 Å². The van der Waals surface area contributed by atoms with Gasteiger partial charge in [-0.25, -0.2) is 0 Å². The monoisotopic (exact) mass is 930 g/mol. The molecule has 6 nitrogen and oxygen atoms in total. The zero-order chi connectivity index (χ0) is 47.9. The number of hydrogen-bond donors (Lipinski definition) is 3. The fourth-order valence-electron chi connectivity index (χ4n) is 9.20. The molecule has 1 amide bonds. The maximum atomic E-state index is 12.5. The molecule has 0 fully saturated rings. The molecule has 0 aliphatic heterocycles. The predicted molar refractivity (Wildman–Crippen MR) is 287 cm³/mol. The summed E-state index contributed by atoms with van der Waals surface area (Å²) < 4.78 is 5.48. The molecule has 0 bridgehead atoms. The van der Waals surface area contributed by atoms with Crippen molar-refractivity contribution in [2.45, 2.75) is 334 Å². The molecule has 3 N–H and O–H groups in total. The number of allylic oxidation sites excluding steroid dienone is 4. The molecule has 0 aliphatic carbocycles. The third-order valence-corrected chi connectivity index (χ3v) is 13.8. The zero-order valence-corrected chi connectivity index (χ0v) is 44.4. The summed E-state index contributed by atoms with van der Waals surface area (Å²) in [4.78, 5) is 24.6. The molecule has 6 heteroatoms. The fraction of sp³-hybridized carbons (Fsp3) is 0.900. The number of carbonyl (C=O) groups excluding carboxylic acids is 2. The summed E-state index contributed by atoms with van der Waals surface area (Å²) in [6.45, 7) is 4.92. The molecular formula is C60H115NO5. The van der Waals surface area contributed by atoms with Gasteiger partial charge in [0.25, 0.3) is 0 Å². The lowest BCUT2D eigenvalue weighted by Gasteiger charge is -2.22. The Labute approximate surface area is 411 Å². The smallest absolute Gasteiger partial charge is 0.305 e. The molecular weight excluding hydrogens is 815 g/mol. The van der Waals surface area contributed by atoms with E-state index in [0.717, 1.165) is 57.8 Å². The second-order valence-electron chi connectivity index (χ2n) is 20.3. The highest BCUT2D eigenvalue weighted by Crippen LogP contribution is 2.17. The summed E-state index contributed by atoms with van der Waals surface area (Å²) in [5, 5.41) is 23.3. The highest BCUT2D eigenvalue weighted by atomic mass is 16.5. The molecule has 2 unspecified atom stereocenters. The Kier molecular flexibility index (Phi) is 54.5. The summed E-state index contributed by atoms with van der Waals surface area (Å²) in [6, 6.07) is -0.550. The van der Waals surface area contributed by atoms with Gasteiger partial charge in [-0.1, -0.05) is 276 Å². The van der Waals surface area contributed by atoms with Crippen molar-refractivity contribution in [3.05, 3.63) is 24.3 Å². The lowest BCUT2D eigenvalue weighted by atomic mass is 10.0. The van der Waals surface area contributed by atoms with Crippen LogP contribution in [0.25, 0.3) is 0 Å². The van der Waals surface area contributed by atoms with Crippen LogP contribution in [-0.2, 0) is 14.3 Å². The van der Waals surface area contributed by atoms with Gasteiger partial charge in [0.1, 0.15) is 0 Å². The largest absolute Gasteiger partial charge is 0.466 e. The van der Waals surface area contributed by atoms with Crippen molar-refractivity contribution in [3.63, 3.8) is 0 Å². The maximum absolute atomic E-state index is 12.5. The first kappa shape index (κ1) is 64.3. The van der Waals surface area contributed by atoms with E-state index in [9.17, 15) is 19.8 Å². The number of unbranched alkanes of at least 4 members (excludes halogenated alkanes) is 40. The summed E-state index contributed by atoms with van der Waals surface area (Å²) in [6.07, 6.45) is 67.3. The number of aliphatic hydroxyl groups excluding tert-OH is 2. The van der Waals surface area contributed by atoms with E-state index < -0.39 is 12.1 Å². The molecule has 0 radical (unpaired) electrons. The number of carbonyl (C=O) groups is 2. The van der Waals surface area contributed by atoms with Crippen LogP contribution in [0.1, 0.15) is 322 Å². The van der Waals surface area contributed by atoms with Crippen molar-refractivity contribution in [1.29, 1.82) is 0 Å². The van der Waals surface area contributed by atoms with Crippen LogP contribution >= 0.6 is 0 Å². The summed E-state index contributed by atoms with van der Waals surface area (Å²) in [5.41, 5.74) is 0. The molecule has 0 rings (SSSR count).